The van der Waals surface area contributed by atoms with Crippen LogP contribution < -0.4 is 20.3 Å². The third-order valence-electron chi connectivity index (χ3n) is 6.03. The SMILES string of the molecule is CNC(=O)CN1c2ccccc2NC2=C(C(=O)CC(C)(C)C2)[C@@H]1c1ccc(OC)cc1. The molecular weight excluding hydrogens is 390 g/mol. The monoisotopic (exact) mass is 419 g/mol. The fourth-order valence-corrected chi connectivity index (χ4v) is 4.59. The molecule has 4 rings (SSSR count). The molecule has 31 heavy (non-hydrogen) atoms. The summed E-state index contributed by atoms with van der Waals surface area (Å²) >= 11 is 0. The van der Waals surface area contributed by atoms with Gasteiger partial charge in [0.05, 0.1) is 31.1 Å². The highest BCUT2D eigenvalue weighted by Gasteiger charge is 2.41. The first-order valence-electron chi connectivity index (χ1n) is 10.6. The van der Waals surface area contributed by atoms with Gasteiger partial charge in [0, 0.05) is 24.7 Å². The number of carbonyl (C=O) groups excluding carboxylic acids is 2. The highest BCUT2D eigenvalue weighted by atomic mass is 16.5. The van der Waals surface area contributed by atoms with Gasteiger partial charge in [0.25, 0.3) is 0 Å². The highest BCUT2D eigenvalue weighted by molar-refractivity contribution is 6.01. The summed E-state index contributed by atoms with van der Waals surface area (Å²) in [4.78, 5) is 28.1. The fourth-order valence-electron chi connectivity index (χ4n) is 4.59. The van der Waals surface area contributed by atoms with E-state index in [9.17, 15) is 9.59 Å². The summed E-state index contributed by atoms with van der Waals surface area (Å²) in [6.07, 6.45) is 1.24. The Morgan fingerprint density at radius 1 is 1.16 bits per heavy atom. The number of nitrogens with zero attached hydrogens (tertiary/aromatic N) is 1. The maximum absolute atomic E-state index is 13.5. The van der Waals surface area contributed by atoms with Crippen LogP contribution in [0, 0.1) is 5.41 Å². The van der Waals surface area contributed by atoms with E-state index in [1.165, 1.54) is 0 Å². The zero-order chi connectivity index (χ0) is 22.2. The van der Waals surface area contributed by atoms with E-state index in [1.54, 1.807) is 14.2 Å². The lowest BCUT2D eigenvalue weighted by molar-refractivity contribution is -0.120. The largest absolute Gasteiger partial charge is 0.497 e. The molecule has 1 aliphatic heterocycles. The van der Waals surface area contributed by atoms with Crippen LogP contribution in [0.1, 0.15) is 38.3 Å². The summed E-state index contributed by atoms with van der Waals surface area (Å²) in [5.74, 6) is 0.759. The average Bonchev–Trinajstić information content (AvgIpc) is 2.87. The van der Waals surface area contributed by atoms with E-state index in [1.807, 2.05) is 53.4 Å². The standard InChI is InChI=1S/C25H29N3O3/c1-25(2)13-19-23(21(29)14-25)24(16-9-11-17(31-4)12-10-16)28(15-22(30)26-3)20-8-6-5-7-18(20)27-19/h5-12,24,27H,13-15H2,1-4H3,(H,26,30)/t24-/m0/s1. The summed E-state index contributed by atoms with van der Waals surface area (Å²) in [6, 6.07) is 15.3. The van der Waals surface area contributed by atoms with Gasteiger partial charge in [-0.05, 0) is 41.7 Å². The van der Waals surface area contributed by atoms with Crippen LogP contribution in [-0.2, 0) is 9.59 Å². The van der Waals surface area contributed by atoms with Crippen LogP contribution in [0.15, 0.2) is 59.8 Å². The van der Waals surface area contributed by atoms with Crippen molar-refractivity contribution in [1.29, 1.82) is 0 Å². The number of methoxy groups -OCH3 is 1. The topological polar surface area (TPSA) is 70.7 Å². The van der Waals surface area contributed by atoms with Gasteiger partial charge in [0.15, 0.2) is 5.78 Å². The van der Waals surface area contributed by atoms with Gasteiger partial charge < -0.3 is 20.3 Å². The van der Waals surface area contributed by atoms with Gasteiger partial charge in [-0.3, -0.25) is 9.59 Å². The van der Waals surface area contributed by atoms with Gasteiger partial charge in [0.1, 0.15) is 5.75 Å². The van der Waals surface area contributed by atoms with Crippen LogP contribution in [-0.4, -0.2) is 32.4 Å². The molecule has 1 aliphatic carbocycles. The molecule has 0 fully saturated rings. The zero-order valence-electron chi connectivity index (χ0n) is 18.5. The Bertz CT molecular complexity index is 1040. The Labute approximate surface area is 183 Å². The van der Waals surface area contributed by atoms with E-state index >= 15 is 0 Å². The second-order valence-corrected chi connectivity index (χ2v) is 8.95. The first kappa shape index (κ1) is 21.0. The molecule has 2 aromatic carbocycles. The van der Waals surface area contributed by atoms with Crippen molar-refractivity contribution in [2.24, 2.45) is 5.41 Å². The molecule has 1 heterocycles. The molecule has 2 aromatic rings. The third kappa shape index (κ3) is 4.02. The Hall–Kier alpha value is -3.28. The smallest absolute Gasteiger partial charge is 0.239 e. The number of allylic oxidation sites excluding steroid dienone is 1. The molecule has 0 saturated carbocycles. The minimum absolute atomic E-state index is 0.110. The normalized spacial score (nSPS) is 19.7. The van der Waals surface area contributed by atoms with Crippen molar-refractivity contribution < 1.29 is 14.3 Å². The number of benzene rings is 2. The number of nitrogens with one attached hydrogen (secondary N) is 2. The maximum Gasteiger partial charge on any atom is 0.239 e. The minimum atomic E-state index is -0.377. The number of anilines is 2. The van der Waals surface area contributed by atoms with Crippen LogP contribution in [0.3, 0.4) is 0 Å². The number of likely N-dealkylation sites (N-methyl/N-ethyl adjacent to an activating group) is 1. The molecule has 0 aromatic heterocycles. The molecule has 6 heteroatoms. The van der Waals surface area contributed by atoms with Crippen LogP contribution in [0.25, 0.3) is 0 Å². The lowest BCUT2D eigenvalue weighted by atomic mass is 9.73. The van der Waals surface area contributed by atoms with E-state index in [-0.39, 0.29) is 29.7 Å². The Balaban J connectivity index is 1.95. The number of hydrogen-bond acceptors (Lipinski definition) is 5. The Kier molecular flexibility index (Phi) is 5.48. The van der Waals surface area contributed by atoms with Gasteiger partial charge in [0.2, 0.25) is 5.91 Å². The molecule has 0 radical (unpaired) electrons. The lowest BCUT2D eigenvalue weighted by Crippen LogP contribution is -2.41. The summed E-state index contributed by atoms with van der Waals surface area (Å²) < 4.78 is 5.33. The van der Waals surface area contributed by atoms with Gasteiger partial charge in [-0.15, -0.1) is 0 Å². The molecule has 0 spiro atoms. The fraction of sp³-hybridized carbons (Fsp3) is 0.360. The highest BCUT2D eigenvalue weighted by Crippen LogP contribution is 2.48. The number of ketones is 1. The van der Waals surface area contributed by atoms with Crippen molar-refractivity contribution in [1.82, 2.24) is 5.32 Å². The molecule has 0 bridgehead atoms. The van der Waals surface area contributed by atoms with Gasteiger partial charge in [-0.1, -0.05) is 38.1 Å². The number of para-hydroxylation sites is 2. The van der Waals surface area contributed by atoms with Crippen molar-refractivity contribution >= 4 is 23.1 Å². The van der Waals surface area contributed by atoms with E-state index in [2.05, 4.69) is 24.5 Å². The Morgan fingerprint density at radius 2 is 1.87 bits per heavy atom. The summed E-state index contributed by atoms with van der Waals surface area (Å²) in [5, 5.41) is 6.28. The summed E-state index contributed by atoms with van der Waals surface area (Å²) in [5.41, 5.74) is 4.30. The lowest BCUT2D eigenvalue weighted by Gasteiger charge is -2.37. The van der Waals surface area contributed by atoms with Gasteiger partial charge in [-0.2, -0.15) is 0 Å². The van der Waals surface area contributed by atoms with Gasteiger partial charge in [-0.25, -0.2) is 0 Å². The minimum Gasteiger partial charge on any atom is -0.497 e. The average molecular weight is 420 g/mol. The first-order valence-corrected chi connectivity index (χ1v) is 10.6. The first-order chi connectivity index (χ1) is 14.8. The van der Waals surface area contributed by atoms with E-state index in [4.69, 9.17) is 4.74 Å². The molecule has 1 amide bonds. The second-order valence-electron chi connectivity index (χ2n) is 8.95. The maximum atomic E-state index is 13.5. The number of ether oxygens (including phenoxy) is 1. The molecule has 2 N–H and O–H groups in total. The number of Topliss-reactive ketones (excluding diaryl/α,β-unsaturated/α-hetero) is 1. The number of carbonyl (C=O) groups is 2. The Morgan fingerprint density at radius 3 is 2.55 bits per heavy atom. The number of fused-ring (bicyclic) bond motifs is 1. The molecule has 2 aliphatic rings. The van der Waals surface area contributed by atoms with Gasteiger partial charge >= 0.3 is 0 Å². The van der Waals surface area contributed by atoms with E-state index in [0.29, 0.717) is 6.42 Å². The number of amides is 1. The summed E-state index contributed by atoms with van der Waals surface area (Å²) in [7, 11) is 3.26. The van der Waals surface area contributed by atoms with E-state index in [0.717, 1.165) is 40.4 Å². The van der Waals surface area contributed by atoms with E-state index < -0.39 is 0 Å². The molecule has 162 valence electrons. The quantitative estimate of drug-likeness (QED) is 0.782. The summed E-state index contributed by atoms with van der Waals surface area (Å²) in [6.45, 7) is 4.38. The molecular formula is C25H29N3O3. The molecule has 0 unspecified atom stereocenters. The zero-order valence-corrected chi connectivity index (χ0v) is 18.5. The molecule has 1 atom stereocenters. The predicted molar refractivity (Wildman–Crippen MR) is 122 cm³/mol. The number of hydrogen-bond donors (Lipinski definition) is 2. The van der Waals surface area contributed by atoms with Crippen LogP contribution in [0.5, 0.6) is 5.75 Å². The third-order valence-corrected chi connectivity index (χ3v) is 6.03. The van der Waals surface area contributed by atoms with Crippen LogP contribution in [0.2, 0.25) is 0 Å². The van der Waals surface area contributed by atoms with Crippen molar-refractivity contribution in [2.45, 2.75) is 32.7 Å². The second kappa shape index (κ2) is 8.10. The van der Waals surface area contributed by atoms with Crippen molar-refractivity contribution in [2.75, 3.05) is 30.9 Å². The molecule has 6 nitrogen and oxygen atoms in total. The van der Waals surface area contributed by atoms with Crippen molar-refractivity contribution in [3.05, 3.63) is 65.4 Å². The van der Waals surface area contributed by atoms with Crippen LogP contribution >= 0.6 is 0 Å². The molecule has 0 saturated heterocycles. The number of rotatable bonds is 4. The van der Waals surface area contributed by atoms with Crippen molar-refractivity contribution in [3.63, 3.8) is 0 Å². The van der Waals surface area contributed by atoms with Crippen molar-refractivity contribution in [3.8, 4) is 5.75 Å². The van der Waals surface area contributed by atoms with Crippen LogP contribution in [0.4, 0.5) is 11.4 Å². The predicted octanol–water partition coefficient (Wildman–Crippen LogP) is 4.06.